The summed E-state index contributed by atoms with van der Waals surface area (Å²) in [5.41, 5.74) is 0. The lowest BCUT2D eigenvalue weighted by Gasteiger charge is -2.19. The van der Waals surface area contributed by atoms with Gasteiger partial charge in [-0.05, 0) is 31.1 Å². The highest BCUT2D eigenvalue weighted by atomic mass is 16.5. The highest BCUT2D eigenvalue weighted by Gasteiger charge is 2.41. The first-order valence-electron chi connectivity index (χ1n) is 6.61. The molecule has 2 aliphatic rings. The molecule has 2 rings (SSSR count). The molecular weight excluding hydrogens is 152 g/mol. The largest absolute Gasteiger partial charge is 0.469 e. The fourth-order valence-corrected chi connectivity index (χ4v) is 2.56. The van der Waals surface area contributed by atoms with Crippen LogP contribution in [0.1, 0.15) is 37.6 Å². The summed E-state index contributed by atoms with van der Waals surface area (Å²) in [4.78, 5) is 11.7. The van der Waals surface area contributed by atoms with Gasteiger partial charge >= 0.3 is 5.97 Å². The van der Waals surface area contributed by atoms with E-state index in [-0.39, 0.29) is 11.8 Å². The molecule has 0 amide bonds. The van der Waals surface area contributed by atoms with E-state index in [1.807, 2.05) is 0 Å². The summed E-state index contributed by atoms with van der Waals surface area (Å²) >= 11 is 0. The minimum absolute atomic E-state index is 0.163. The molecule has 2 bridgehead atoms. The summed E-state index contributed by atoms with van der Waals surface area (Å²) in [6.07, 6.45) is 3.37. The number of carbonyl (C=O) groups is 1. The number of rotatable bonds is 1. The number of fused-ring (bicyclic) bond motifs is 2. The van der Waals surface area contributed by atoms with E-state index in [1.165, 1.54) is 0 Å². The second kappa shape index (κ2) is 3.08. The highest BCUT2D eigenvalue weighted by Crippen LogP contribution is 2.46. The number of carbonyl (C=O) groups excluding carboxylic acids is 1. The minimum Gasteiger partial charge on any atom is -0.469 e. The van der Waals surface area contributed by atoms with Gasteiger partial charge in [0.1, 0.15) is 0 Å². The fourth-order valence-electron chi connectivity index (χ4n) is 2.56. The molecule has 0 aromatic carbocycles. The Labute approximate surface area is 78.9 Å². The Morgan fingerprint density at radius 2 is 2.58 bits per heavy atom. The van der Waals surface area contributed by atoms with Crippen molar-refractivity contribution >= 4 is 5.97 Å². The smallest absolute Gasteiger partial charge is 0.308 e. The average Bonchev–Trinajstić information content (AvgIpc) is 2.35. The molecule has 0 N–H and O–H groups in total. The zero-order chi connectivity index (χ0) is 11.9. The Morgan fingerprint density at radius 3 is 3.33 bits per heavy atom. The van der Waals surface area contributed by atoms with Crippen molar-refractivity contribution in [3.8, 4) is 0 Å². The molecular formula is C10H16O2. The van der Waals surface area contributed by atoms with Crippen LogP contribution in [-0.2, 0) is 9.53 Å². The Bertz CT molecular complexity index is 287. The van der Waals surface area contributed by atoms with Crippen LogP contribution in [0.5, 0.6) is 0 Å². The summed E-state index contributed by atoms with van der Waals surface area (Å²) in [5, 5.41) is 0. The lowest BCUT2D eigenvalue weighted by Crippen LogP contribution is -2.19. The molecule has 2 fully saturated rings. The predicted molar refractivity (Wildman–Crippen MR) is 45.6 cm³/mol. The van der Waals surface area contributed by atoms with Crippen molar-refractivity contribution < 1.29 is 15.0 Å². The normalized spacial score (nSPS) is 51.7. The second-order valence-corrected chi connectivity index (χ2v) is 3.83. The third-order valence-corrected chi connectivity index (χ3v) is 3.12. The molecule has 2 aliphatic carbocycles. The predicted octanol–water partition coefficient (Wildman–Crippen LogP) is 1.99. The first-order chi connectivity index (χ1) is 7.38. The van der Waals surface area contributed by atoms with Crippen LogP contribution in [0.2, 0.25) is 0 Å². The Kier molecular flexibility index (Phi) is 1.19. The molecule has 2 saturated carbocycles. The van der Waals surface area contributed by atoms with Crippen LogP contribution in [0.25, 0.3) is 0 Å². The molecule has 0 unspecified atom stereocenters. The van der Waals surface area contributed by atoms with E-state index >= 15 is 0 Å². The minimum atomic E-state index is -2.67. The first kappa shape index (κ1) is 4.64. The molecule has 0 aliphatic heterocycles. The molecule has 0 aromatic heterocycles. The van der Waals surface area contributed by atoms with Gasteiger partial charge in [-0.3, -0.25) is 4.79 Å². The monoisotopic (exact) mass is 172 g/mol. The number of esters is 1. The zero-order valence-electron chi connectivity index (χ0n) is 11.0. The van der Waals surface area contributed by atoms with Gasteiger partial charge in [-0.1, -0.05) is 12.8 Å². The van der Waals surface area contributed by atoms with E-state index in [0.29, 0.717) is 0 Å². The van der Waals surface area contributed by atoms with Gasteiger partial charge in [0.05, 0.1) is 17.1 Å². The van der Waals surface area contributed by atoms with Crippen molar-refractivity contribution in [1.82, 2.24) is 0 Å². The zero-order valence-corrected chi connectivity index (χ0v) is 6.95. The SMILES string of the molecule is [2H][C@@H]1[C@H]2CCC[C@H](C2)[C@@H]1C(=O)OC([2H])([2H])[2H]. The standard InChI is InChI=1S/C10H16O2/c1-12-10(11)9-6-7-3-2-4-8(9)5-7/h7-9H,2-6H2,1H3/t7-,8+,9+/m0/s1/i1D3,6D/t6-,7+,8-,9-/m1. The summed E-state index contributed by atoms with van der Waals surface area (Å²) in [6, 6.07) is 0. The van der Waals surface area contributed by atoms with Crippen LogP contribution in [0.4, 0.5) is 0 Å². The quantitative estimate of drug-likeness (QED) is 0.565. The number of ether oxygens (including phenoxy) is 1. The third kappa shape index (κ3) is 1.23. The van der Waals surface area contributed by atoms with Gasteiger partial charge in [0, 0.05) is 1.37 Å². The Morgan fingerprint density at radius 1 is 1.67 bits per heavy atom. The molecule has 0 heterocycles. The van der Waals surface area contributed by atoms with Gasteiger partial charge in [0.25, 0.3) is 0 Å². The second-order valence-electron chi connectivity index (χ2n) is 3.83. The Hall–Kier alpha value is -0.530. The van der Waals surface area contributed by atoms with Gasteiger partial charge in [-0.15, -0.1) is 0 Å². The summed E-state index contributed by atoms with van der Waals surface area (Å²) in [7, 11) is -2.67. The summed E-state index contributed by atoms with van der Waals surface area (Å²) in [5.74, 6) is -0.800. The van der Waals surface area contributed by atoms with E-state index in [0.717, 1.165) is 25.7 Å². The number of methoxy groups -OCH3 is 1. The molecule has 4 atom stereocenters. The molecule has 0 aromatic rings. The molecule has 0 spiro atoms. The van der Waals surface area contributed by atoms with Crippen molar-refractivity contribution in [3.63, 3.8) is 0 Å². The third-order valence-electron chi connectivity index (χ3n) is 3.12. The van der Waals surface area contributed by atoms with E-state index < -0.39 is 25.3 Å². The van der Waals surface area contributed by atoms with Crippen molar-refractivity contribution in [1.29, 1.82) is 0 Å². The van der Waals surface area contributed by atoms with Crippen molar-refractivity contribution in [2.45, 2.75) is 32.1 Å². The maximum Gasteiger partial charge on any atom is 0.308 e. The van der Waals surface area contributed by atoms with E-state index in [1.54, 1.807) is 0 Å². The summed E-state index contributed by atoms with van der Waals surface area (Å²) in [6.45, 7) is 0. The molecule has 68 valence electrons. The molecule has 0 radical (unpaired) electrons. The van der Waals surface area contributed by atoms with Crippen LogP contribution in [0, 0.1) is 17.8 Å². The van der Waals surface area contributed by atoms with Gasteiger partial charge in [0.2, 0.25) is 0 Å². The van der Waals surface area contributed by atoms with E-state index in [2.05, 4.69) is 4.74 Å². The van der Waals surface area contributed by atoms with Crippen LogP contribution in [0.3, 0.4) is 0 Å². The van der Waals surface area contributed by atoms with Crippen molar-refractivity contribution in [2.75, 3.05) is 7.04 Å². The number of hydrogen-bond donors (Lipinski definition) is 0. The molecule has 0 saturated heterocycles. The van der Waals surface area contributed by atoms with Crippen LogP contribution in [-0.4, -0.2) is 13.0 Å². The molecule has 12 heavy (non-hydrogen) atoms. The van der Waals surface area contributed by atoms with Crippen LogP contribution >= 0.6 is 0 Å². The first-order valence-corrected chi connectivity index (χ1v) is 4.53. The lowest BCUT2D eigenvalue weighted by atomic mass is 9.87. The lowest BCUT2D eigenvalue weighted by molar-refractivity contribution is -0.146. The van der Waals surface area contributed by atoms with Crippen molar-refractivity contribution in [3.05, 3.63) is 0 Å². The highest BCUT2D eigenvalue weighted by molar-refractivity contribution is 5.73. The van der Waals surface area contributed by atoms with Gasteiger partial charge < -0.3 is 4.74 Å². The van der Waals surface area contributed by atoms with Crippen LogP contribution < -0.4 is 0 Å². The van der Waals surface area contributed by atoms with Gasteiger partial charge in [-0.2, -0.15) is 0 Å². The topological polar surface area (TPSA) is 26.3 Å². The average molecular weight is 172 g/mol. The van der Waals surface area contributed by atoms with Gasteiger partial charge in [0.15, 0.2) is 0 Å². The van der Waals surface area contributed by atoms with Gasteiger partial charge in [-0.25, -0.2) is 0 Å². The molecule has 2 nitrogen and oxygen atoms in total. The van der Waals surface area contributed by atoms with Crippen molar-refractivity contribution in [2.24, 2.45) is 17.8 Å². The van der Waals surface area contributed by atoms with E-state index in [9.17, 15) is 4.79 Å². The number of hydrogen-bond acceptors (Lipinski definition) is 2. The summed E-state index contributed by atoms with van der Waals surface area (Å²) < 4.78 is 33.1. The van der Waals surface area contributed by atoms with Crippen LogP contribution in [0.15, 0.2) is 0 Å². The maximum absolute atomic E-state index is 11.7. The molecule has 2 heteroatoms. The van der Waals surface area contributed by atoms with E-state index in [4.69, 9.17) is 5.48 Å². The maximum atomic E-state index is 11.7. The fraction of sp³-hybridized carbons (Fsp3) is 0.900. The Balaban J connectivity index is 2.06.